The van der Waals surface area contributed by atoms with Crippen LogP contribution in [0.2, 0.25) is 0 Å². The molecular formula is C16H24N2. The Morgan fingerprint density at radius 2 is 1.61 bits per heavy atom. The van der Waals surface area contributed by atoms with Crippen LogP contribution in [0.4, 0.5) is 5.69 Å². The van der Waals surface area contributed by atoms with Gasteiger partial charge in [-0.05, 0) is 24.5 Å². The Balaban J connectivity index is 0.000000492. The molecule has 0 radical (unpaired) electrons. The van der Waals surface area contributed by atoms with Gasteiger partial charge in [0.15, 0.2) is 0 Å². The van der Waals surface area contributed by atoms with Crippen molar-refractivity contribution in [1.29, 1.82) is 0 Å². The van der Waals surface area contributed by atoms with Crippen molar-refractivity contribution < 1.29 is 0 Å². The highest BCUT2D eigenvalue weighted by Crippen LogP contribution is 2.26. The van der Waals surface area contributed by atoms with Crippen molar-refractivity contribution in [3.05, 3.63) is 35.5 Å². The molecule has 0 saturated carbocycles. The Hall–Kier alpha value is -1.57. The van der Waals surface area contributed by atoms with Crippen LogP contribution in [0.5, 0.6) is 0 Å². The number of nitrogens with zero attached hydrogens (tertiary/aromatic N) is 1. The van der Waals surface area contributed by atoms with E-state index < -0.39 is 0 Å². The molecule has 0 fully saturated rings. The van der Waals surface area contributed by atoms with Gasteiger partial charge in [-0.3, -0.25) is 4.98 Å². The molecule has 0 bridgehead atoms. The molecule has 2 heteroatoms. The van der Waals surface area contributed by atoms with Gasteiger partial charge in [-0.15, -0.1) is 0 Å². The molecule has 2 rings (SSSR count). The van der Waals surface area contributed by atoms with E-state index in [0.29, 0.717) is 0 Å². The summed E-state index contributed by atoms with van der Waals surface area (Å²) in [4.78, 5) is 4.65. The van der Waals surface area contributed by atoms with Gasteiger partial charge in [0.2, 0.25) is 0 Å². The summed E-state index contributed by atoms with van der Waals surface area (Å²) in [6.07, 6.45) is 3.14. The van der Waals surface area contributed by atoms with Crippen molar-refractivity contribution in [2.45, 2.75) is 47.0 Å². The van der Waals surface area contributed by atoms with Crippen molar-refractivity contribution in [2.24, 2.45) is 0 Å². The first-order chi connectivity index (χ1) is 8.69. The minimum absolute atomic E-state index is 0.903. The highest BCUT2D eigenvalue weighted by atomic mass is 14.7. The predicted octanol–water partition coefficient (Wildman–Crippen LogP) is 4.36. The quantitative estimate of drug-likeness (QED) is 0.852. The van der Waals surface area contributed by atoms with E-state index in [1.54, 1.807) is 0 Å². The van der Waals surface area contributed by atoms with Crippen LogP contribution in [0.25, 0.3) is 10.9 Å². The van der Waals surface area contributed by atoms with Crippen LogP contribution in [-0.4, -0.2) is 4.98 Å². The summed E-state index contributed by atoms with van der Waals surface area (Å²) in [7, 11) is 0. The molecule has 0 unspecified atom stereocenters. The zero-order chi connectivity index (χ0) is 13.5. The Morgan fingerprint density at radius 1 is 1.00 bits per heavy atom. The average molecular weight is 244 g/mol. The smallest absolute Gasteiger partial charge is 0.0726 e. The van der Waals surface area contributed by atoms with Crippen LogP contribution in [0.1, 0.15) is 45.4 Å². The number of pyridine rings is 1. The normalized spacial score (nSPS) is 10.0. The maximum absolute atomic E-state index is 6.17. The molecule has 0 aliphatic carbocycles. The third-order valence-electron chi connectivity index (χ3n) is 2.81. The molecule has 0 aliphatic heterocycles. The lowest BCUT2D eigenvalue weighted by molar-refractivity contribution is 0.985. The number of fused-ring (bicyclic) bond motifs is 1. The molecule has 18 heavy (non-hydrogen) atoms. The molecule has 1 aromatic heterocycles. The third-order valence-corrected chi connectivity index (χ3v) is 2.81. The zero-order valence-electron chi connectivity index (χ0n) is 12.0. The van der Waals surface area contributed by atoms with Crippen molar-refractivity contribution in [2.75, 3.05) is 5.73 Å². The second kappa shape index (κ2) is 7.00. The first kappa shape index (κ1) is 14.5. The summed E-state index contributed by atoms with van der Waals surface area (Å²) in [5.41, 5.74) is 10.4. The molecule has 0 amide bonds. The van der Waals surface area contributed by atoms with E-state index in [1.807, 2.05) is 24.3 Å². The molecular weight excluding hydrogens is 220 g/mol. The maximum atomic E-state index is 6.17. The molecule has 2 aromatic rings. The van der Waals surface area contributed by atoms with E-state index in [1.165, 1.54) is 12.0 Å². The summed E-state index contributed by atoms with van der Waals surface area (Å²) in [5, 5.41) is 1.08. The van der Waals surface area contributed by atoms with Crippen LogP contribution in [0.3, 0.4) is 0 Å². The first-order valence-electron chi connectivity index (χ1n) is 6.85. The van der Waals surface area contributed by atoms with E-state index in [-0.39, 0.29) is 0 Å². The highest BCUT2D eigenvalue weighted by molar-refractivity contribution is 5.92. The van der Waals surface area contributed by atoms with E-state index >= 15 is 0 Å². The molecule has 98 valence electrons. The average Bonchev–Trinajstić information content (AvgIpc) is 2.39. The monoisotopic (exact) mass is 244 g/mol. The van der Waals surface area contributed by atoms with Gasteiger partial charge < -0.3 is 5.73 Å². The van der Waals surface area contributed by atoms with Crippen LogP contribution >= 0.6 is 0 Å². The second-order valence-corrected chi connectivity index (χ2v) is 4.38. The fourth-order valence-electron chi connectivity index (χ4n) is 2.02. The first-order valence-corrected chi connectivity index (χ1v) is 6.85. The van der Waals surface area contributed by atoms with Crippen LogP contribution in [0, 0.1) is 0 Å². The molecule has 1 aromatic carbocycles. The van der Waals surface area contributed by atoms with Crippen LogP contribution in [0.15, 0.2) is 24.3 Å². The number of nitrogens with two attached hydrogens (primary N) is 1. The number of aryl methyl sites for hydroxylation is 1. The number of nitrogen functional groups attached to an aromatic ring is 1. The van der Waals surface area contributed by atoms with E-state index in [9.17, 15) is 0 Å². The topological polar surface area (TPSA) is 38.9 Å². The number of aromatic nitrogens is 1. The number of benzene rings is 1. The van der Waals surface area contributed by atoms with Crippen LogP contribution in [-0.2, 0) is 12.8 Å². The Morgan fingerprint density at radius 3 is 2.17 bits per heavy atom. The Bertz CT molecular complexity index is 504. The van der Waals surface area contributed by atoms with Gasteiger partial charge in [-0.1, -0.05) is 52.3 Å². The number of para-hydroxylation sites is 1. The van der Waals surface area contributed by atoms with Gasteiger partial charge in [0.1, 0.15) is 0 Å². The molecule has 0 atom stereocenters. The summed E-state index contributed by atoms with van der Waals surface area (Å²) in [6.45, 7) is 8.50. The maximum Gasteiger partial charge on any atom is 0.0726 e. The number of hydrogen-bond donors (Lipinski definition) is 1. The second-order valence-electron chi connectivity index (χ2n) is 4.38. The summed E-state index contributed by atoms with van der Waals surface area (Å²) in [6, 6.07) is 8.06. The highest BCUT2D eigenvalue weighted by Gasteiger charge is 2.09. The molecule has 2 nitrogen and oxygen atoms in total. The van der Waals surface area contributed by atoms with Crippen molar-refractivity contribution in [3.63, 3.8) is 0 Å². The Kier molecular flexibility index (Phi) is 5.63. The van der Waals surface area contributed by atoms with Gasteiger partial charge in [-0.25, -0.2) is 0 Å². The van der Waals surface area contributed by atoms with Gasteiger partial charge in [0.05, 0.1) is 5.52 Å². The lowest BCUT2D eigenvalue weighted by Crippen LogP contribution is -2.02. The van der Waals surface area contributed by atoms with Gasteiger partial charge in [0, 0.05) is 16.8 Å². The fourth-order valence-corrected chi connectivity index (χ4v) is 2.02. The summed E-state index contributed by atoms with van der Waals surface area (Å²) < 4.78 is 0. The Labute approximate surface area is 110 Å². The molecule has 0 spiro atoms. The SMILES string of the molecule is CCC.CCc1nc2ccccc2c(N)c1CC. The predicted molar refractivity (Wildman–Crippen MR) is 80.9 cm³/mol. The standard InChI is InChI=1S/C13H16N2.C3H8/c1-3-9-11(4-2)15-12-8-6-5-7-10(12)13(9)14;1-3-2/h5-8H,3-4H2,1-2H3,(H2,14,15);3H2,1-2H3. The lowest BCUT2D eigenvalue weighted by atomic mass is 10.0. The fraction of sp³-hybridized carbons (Fsp3) is 0.438. The largest absolute Gasteiger partial charge is 0.398 e. The van der Waals surface area contributed by atoms with Gasteiger partial charge >= 0.3 is 0 Å². The van der Waals surface area contributed by atoms with Crippen molar-refractivity contribution in [3.8, 4) is 0 Å². The lowest BCUT2D eigenvalue weighted by Gasteiger charge is -2.11. The van der Waals surface area contributed by atoms with Crippen molar-refractivity contribution in [1.82, 2.24) is 4.98 Å². The number of anilines is 1. The molecule has 0 aliphatic rings. The van der Waals surface area contributed by atoms with E-state index in [2.05, 4.69) is 32.7 Å². The minimum Gasteiger partial charge on any atom is -0.398 e. The zero-order valence-corrected chi connectivity index (χ0v) is 12.0. The summed E-state index contributed by atoms with van der Waals surface area (Å²) in [5.74, 6) is 0. The molecule has 1 heterocycles. The van der Waals surface area contributed by atoms with E-state index in [4.69, 9.17) is 5.73 Å². The van der Waals surface area contributed by atoms with Gasteiger partial charge in [0.25, 0.3) is 0 Å². The van der Waals surface area contributed by atoms with Crippen molar-refractivity contribution >= 4 is 16.6 Å². The van der Waals surface area contributed by atoms with E-state index in [0.717, 1.165) is 35.1 Å². The third kappa shape index (κ3) is 3.00. The number of rotatable bonds is 2. The molecule has 2 N–H and O–H groups in total. The van der Waals surface area contributed by atoms with Crippen LogP contribution < -0.4 is 5.73 Å². The number of hydrogen-bond acceptors (Lipinski definition) is 2. The molecule has 0 saturated heterocycles. The minimum atomic E-state index is 0.903. The summed E-state index contributed by atoms with van der Waals surface area (Å²) >= 11 is 0. The van der Waals surface area contributed by atoms with Gasteiger partial charge in [-0.2, -0.15) is 0 Å².